The Balaban J connectivity index is 1.99. The third-order valence-electron chi connectivity index (χ3n) is 4.34. The monoisotopic (exact) mass is 385 g/mol. The molecule has 2 aromatic carbocycles. The molecule has 0 amide bonds. The van der Waals surface area contributed by atoms with Gasteiger partial charge >= 0.3 is 0 Å². The van der Waals surface area contributed by atoms with Gasteiger partial charge in [-0.2, -0.15) is 0 Å². The fourth-order valence-corrected chi connectivity index (χ4v) is 2.92. The molecule has 0 aliphatic heterocycles. The van der Waals surface area contributed by atoms with Crippen molar-refractivity contribution in [2.45, 2.75) is 19.8 Å². The number of methoxy groups -OCH3 is 3. The van der Waals surface area contributed by atoms with Gasteiger partial charge in [0, 0.05) is 37.3 Å². The van der Waals surface area contributed by atoms with Gasteiger partial charge in [0.15, 0.2) is 5.96 Å². The molecule has 0 fully saturated rings. The van der Waals surface area contributed by atoms with E-state index in [-0.39, 0.29) is 0 Å². The molecule has 0 spiro atoms. The van der Waals surface area contributed by atoms with E-state index < -0.39 is 0 Å². The highest BCUT2D eigenvalue weighted by Crippen LogP contribution is 2.34. The fourth-order valence-electron chi connectivity index (χ4n) is 2.92. The number of guanidine groups is 1. The molecule has 0 radical (unpaired) electrons. The van der Waals surface area contributed by atoms with Crippen molar-refractivity contribution in [2.75, 3.05) is 41.0 Å². The second-order valence-corrected chi connectivity index (χ2v) is 6.18. The van der Waals surface area contributed by atoms with E-state index >= 15 is 0 Å². The number of aliphatic imine (C=N–C) groups is 1. The molecule has 2 rings (SSSR count). The zero-order chi connectivity index (χ0) is 20.2. The molecular formula is C22H31N3O3. The summed E-state index contributed by atoms with van der Waals surface area (Å²) in [5.41, 5.74) is 2.29. The fraction of sp³-hybridized carbons (Fsp3) is 0.409. The van der Waals surface area contributed by atoms with Crippen LogP contribution in [-0.4, -0.2) is 46.9 Å². The second kappa shape index (κ2) is 11.7. The quantitative estimate of drug-likeness (QED) is 0.486. The summed E-state index contributed by atoms with van der Waals surface area (Å²) in [7, 11) is 4.92. The molecule has 0 saturated heterocycles. The van der Waals surface area contributed by atoms with Gasteiger partial charge in [-0.05, 0) is 25.3 Å². The topological polar surface area (TPSA) is 64.1 Å². The smallest absolute Gasteiger partial charge is 0.191 e. The van der Waals surface area contributed by atoms with Gasteiger partial charge in [-0.15, -0.1) is 0 Å². The van der Waals surface area contributed by atoms with Crippen LogP contribution in [-0.2, 0) is 12.8 Å². The number of rotatable bonds is 10. The third-order valence-corrected chi connectivity index (χ3v) is 4.34. The Morgan fingerprint density at radius 3 is 2.14 bits per heavy atom. The van der Waals surface area contributed by atoms with Gasteiger partial charge in [0.2, 0.25) is 0 Å². The van der Waals surface area contributed by atoms with Crippen molar-refractivity contribution >= 4 is 5.96 Å². The van der Waals surface area contributed by atoms with E-state index in [4.69, 9.17) is 14.2 Å². The van der Waals surface area contributed by atoms with Crippen LogP contribution < -0.4 is 24.8 Å². The maximum atomic E-state index is 5.51. The maximum Gasteiger partial charge on any atom is 0.191 e. The Morgan fingerprint density at radius 2 is 1.57 bits per heavy atom. The Hall–Kier alpha value is -2.89. The minimum absolute atomic E-state index is 0.611. The van der Waals surface area contributed by atoms with Crippen LogP contribution in [0.4, 0.5) is 0 Å². The van der Waals surface area contributed by atoms with Crippen molar-refractivity contribution in [1.82, 2.24) is 10.6 Å². The molecule has 2 N–H and O–H groups in total. The second-order valence-electron chi connectivity index (χ2n) is 6.18. The number of hydrogen-bond acceptors (Lipinski definition) is 4. The lowest BCUT2D eigenvalue weighted by Gasteiger charge is -2.15. The Bertz CT molecular complexity index is 723. The Kier molecular flexibility index (Phi) is 8.98. The summed E-state index contributed by atoms with van der Waals surface area (Å²) >= 11 is 0. The molecule has 0 aromatic heterocycles. The molecule has 6 heteroatoms. The lowest BCUT2D eigenvalue weighted by molar-refractivity contribution is 0.369. The summed E-state index contributed by atoms with van der Waals surface area (Å²) in [6.45, 7) is 4.31. The summed E-state index contributed by atoms with van der Waals surface area (Å²) in [4.78, 5) is 4.69. The third kappa shape index (κ3) is 6.37. The molecule has 0 bridgehead atoms. The normalized spacial score (nSPS) is 11.1. The predicted octanol–water partition coefficient (Wildman–Crippen LogP) is 3.05. The minimum Gasteiger partial charge on any atom is -0.496 e. The number of nitrogens with zero attached hydrogens (tertiary/aromatic N) is 1. The SMILES string of the molecule is CCNC(=NCCc1c(OC)cc(OC)cc1OC)NCCc1ccccc1. The van der Waals surface area contributed by atoms with Crippen LogP contribution in [0.3, 0.4) is 0 Å². The summed E-state index contributed by atoms with van der Waals surface area (Å²) in [6, 6.07) is 14.1. The van der Waals surface area contributed by atoms with Crippen LogP contribution in [0.2, 0.25) is 0 Å². The van der Waals surface area contributed by atoms with Gasteiger partial charge in [0.1, 0.15) is 17.2 Å². The largest absolute Gasteiger partial charge is 0.496 e. The zero-order valence-corrected chi connectivity index (χ0v) is 17.2. The van der Waals surface area contributed by atoms with Crippen molar-refractivity contribution in [2.24, 2.45) is 4.99 Å². The Labute approximate surface area is 167 Å². The first-order valence-electron chi connectivity index (χ1n) is 9.56. The van der Waals surface area contributed by atoms with Crippen molar-refractivity contribution in [1.29, 1.82) is 0 Å². The van der Waals surface area contributed by atoms with Crippen LogP contribution in [0.25, 0.3) is 0 Å². The van der Waals surface area contributed by atoms with Crippen molar-refractivity contribution in [3.63, 3.8) is 0 Å². The number of benzene rings is 2. The van der Waals surface area contributed by atoms with Crippen molar-refractivity contribution < 1.29 is 14.2 Å². The summed E-state index contributed by atoms with van der Waals surface area (Å²) < 4.78 is 16.3. The van der Waals surface area contributed by atoms with Crippen molar-refractivity contribution in [3.05, 3.63) is 53.6 Å². The first kappa shape index (κ1) is 21.4. The molecule has 152 valence electrons. The number of hydrogen-bond donors (Lipinski definition) is 2. The Morgan fingerprint density at radius 1 is 0.893 bits per heavy atom. The highest BCUT2D eigenvalue weighted by atomic mass is 16.5. The molecule has 0 unspecified atom stereocenters. The molecule has 0 heterocycles. The van der Waals surface area contributed by atoms with E-state index in [0.717, 1.165) is 42.5 Å². The van der Waals surface area contributed by atoms with Crippen LogP contribution in [0.1, 0.15) is 18.1 Å². The van der Waals surface area contributed by atoms with Crippen molar-refractivity contribution in [3.8, 4) is 17.2 Å². The number of nitrogens with one attached hydrogen (secondary N) is 2. The standard InChI is InChI=1S/C22H31N3O3/c1-5-23-22(24-13-11-17-9-7-6-8-10-17)25-14-12-19-20(27-3)15-18(26-2)16-21(19)28-4/h6-10,15-16H,5,11-14H2,1-4H3,(H2,23,24,25). The maximum absolute atomic E-state index is 5.51. The summed E-state index contributed by atoms with van der Waals surface area (Å²) in [6.07, 6.45) is 1.65. The van der Waals surface area contributed by atoms with E-state index in [9.17, 15) is 0 Å². The van der Waals surface area contributed by atoms with Crippen LogP contribution in [0.15, 0.2) is 47.5 Å². The molecular weight excluding hydrogens is 354 g/mol. The predicted molar refractivity (Wildman–Crippen MR) is 114 cm³/mol. The van der Waals surface area contributed by atoms with Crippen LogP contribution >= 0.6 is 0 Å². The molecule has 28 heavy (non-hydrogen) atoms. The van der Waals surface area contributed by atoms with E-state index in [0.29, 0.717) is 18.7 Å². The van der Waals surface area contributed by atoms with Crippen LogP contribution in [0.5, 0.6) is 17.2 Å². The zero-order valence-electron chi connectivity index (χ0n) is 17.2. The van der Waals surface area contributed by atoms with E-state index in [1.165, 1.54) is 5.56 Å². The van der Waals surface area contributed by atoms with Gasteiger partial charge < -0.3 is 24.8 Å². The molecule has 0 atom stereocenters. The van der Waals surface area contributed by atoms with E-state index in [1.807, 2.05) is 18.2 Å². The van der Waals surface area contributed by atoms with Crippen LogP contribution in [0, 0.1) is 0 Å². The highest BCUT2D eigenvalue weighted by Gasteiger charge is 2.13. The van der Waals surface area contributed by atoms with Gasteiger partial charge in [-0.1, -0.05) is 30.3 Å². The van der Waals surface area contributed by atoms with Gasteiger partial charge in [-0.25, -0.2) is 0 Å². The van der Waals surface area contributed by atoms with E-state index in [2.05, 4.69) is 46.8 Å². The molecule has 0 saturated carbocycles. The lowest BCUT2D eigenvalue weighted by Crippen LogP contribution is -2.38. The number of ether oxygens (including phenoxy) is 3. The highest BCUT2D eigenvalue weighted by molar-refractivity contribution is 5.79. The molecule has 0 aliphatic carbocycles. The lowest BCUT2D eigenvalue weighted by atomic mass is 10.1. The first-order valence-corrected chi connectivity index (χ1v) is 9.56. The molecule has 0 aliphatic rings. The van der Waals surface area contributed by atoms with E-state index in [1.54, 1.807) is 21.3 Å². The van der Waals surface area contributed by atoms with Gasteiger partial charge in [0.05, 0.1) is 21.3 Å². The molecule has 6 nitrogen and oxygen atoms in total. The summed E-state index contributed by atoms with van der Waals surface area (Å²) in [5.74, 6) is 3.00. The first-order chi connectivity index (χ1) is 13.7. The average Bonchev–Trinajstić information content (AvgIpc) is 2.74. The van der Waals surface area contributed by atoms with Gasteiger partial charge in [0.25, 0.3) is 0 Å². The molecule has 2 aromatic rings. The van der Waals surface area contributed by atoms with Gasteiger partial charge in [-0.3, -0.25) is 4.99 Å². The minimum atomic E-state index is 0.611. The average molecular weight is 386 g/mol. The summed E-state index contributed by atoms with van der Waals surface area (Å²) in [5, 5.41) is 6.67.